The number of carbonyl (C=O) groups is 1. The van der Waals surface area contributed by atoms with Crippen LogP contribution in [0.4, 0.5) is 5.69 Å². The number of aryl methyl sites for hydroxylation is 1. The number of anilines is 1. The number of hydrogen-bond acceptors (Lipinski definition) is 3. The molecular formula is C16H23N3O2. The molecule has 0 aliphatic heterocycles. The molecule has 0 radical (unpaired) electrons. The van der Waals surface area contributed by atoms with Gasteiger partial charge in [0.1, 0.15) is 5.41 Å². The number of hydrogen-bond donors (Lipinski definition) is 2. The standard InChI is InChI=1S/C16H23N3O2/c1-3-19(13-9-5-4-8-12(13)2)15(20)16(14(17)18-21)10-6-7-11-16/h4-5,8-9,21H,3,6-7,10-11H2,1-2H3,(H2,17,18). The minimum absolute atomic E-state index is 0.0389. The number of oxime groups is 1. The maximum Gasteiger partial charge on any atom is 0.240 e. The van der Waals surface area contributed by atoms with Gasteiger partial charge in [-0.3, -0.25) is 4.79 Å². The van der Waals surface area contributed by atoms with Crippen LogP contribution in [0.1, 0.15) is 38.2 Å². The van der Waals surface area contributed by atoms with Crippen LogP contribution in [0.3, 0.4) is 0 Å². The lowest BCUT2D eigenvalue weighted by Crippen LogP contribution is -2.50. The SMILES string of the molecule is CCN(C(=O)C1(C(N)=NO)CCCC1)c1ccccc1C. The summed E-state index contributed by atoms with van der Waals surface area (Å²) in [4.78, 5) is 14.9. The van der Waals surface area contributed by atoms with E-state index in [1.165, 1.54) is 0 Å². The number of nitrogens with two attached hydrogens (primary N) is 1. The third-order valence-electron chi connectivity index (χ3n) is 4.43. The molecule has 1 aromatic rings. The zero-order valence-corrected chi connectivity index (χ0v) is 12.7. The summed E-state index contributed by atoms with van der Waals surface area (Å²) in [5.41, 5.74) is 6.95. The maximum atomic E-state index is 13.1. The van der Waals surface area contributed by atoms with E-state index in [1.807, 2.05) is 38.1 Å². The van der Waals surface area contributed by atoms with E-state index in [1.54, 1.807) is 4.90 Å². The monoisotopic (exact) mass is 289 g/mol. The highest BCUT2D eigenvalue weighted by Crippen LogP contribution is 2.41. The van der Waals surface area contributed by atoms with Crippen LogP contribution in [0.25, 0.3) is 0 Å². The van der Waals surface area contributed by atoms with Crippen molar-refractivity contribution in [1.82, 2.24) is 0 Å². The molecule has 0 aromatic heterocycles. The van der Waals surface area contributed by atoms with Crippen LogP contribution >= 0.6 is 0 Å². The van der Waals surface area contributed by atoms with Crippen LogP contribution in [0.5, 0.6) is 0 Å². The average Bonchev–Trinajstić information content (AvgIpc) is 2.99. The Hall–Kier alpha value is -2.04. The molecule has 1 amide bonds. The smallest absolute Gasteiger partial charge is 0.240 e. The van der Waals surface area contributed by atoms with Gasteiger partial charge in [-0.05, 0) is 38.3 Å². The summed E-state index contributed by atoms with van der Waals surface area (Å²) in [5.74, 6) is -0.0239. The Labute approximate surface area is 125 Å². The molecule has 1 aliphatic rings. The van der Waals surface area contributed by atoms with Crippen molar-refractivity contribution in [2.75, 3.05) is 11.4 Å². The van der Waals surface area contributed by atoms with E-state index in [-0.39, 0.29) is 11.7 Å². The van der Waals surface area contributed by atoms with Gasteiger partial charge in [-0.15, -0.1) is 0 Å². The van der Waals surface area contributed by atoms with E-state index in [0.29, 0.717) is 19.4 Å². The summed E-state index contributed by atoms with van der Waals surface area (Å²) in [6, 6.07) is 7.79. The first kappa shape index (κ1) is 15.4. The van der Waals surface area contributed by atoms with Crippen molar-refractivity contribution in [3.63, 3.8) is 0 Å². The van der Waals surface area contributed by atoms with Crippen molar-refractivity contribution >= 4 is 17.4 Å². The Morgan fingerprint density at radius 1 is 1.38 bits per heavy atom. The lowest BCUT2D eigenvalue weighted by molar-refractivity contribution is -0.124. The molecule has 114 valence electrons. The van der Waals surface area contributed by atoms with E-state index >= 15 is 0 Å². The molecule has 1 fully saturated rings. The predicted octanol–water partition coefficient (Wildman–Crippen LogP) is 2.65. The molecule has 1 saturated carbocycles. The lowest BCUT2D eigenvalue weighted by atomic mass is 9.83. The number of carbonyl (C=O) groups excluding carboxylic acids is 1. The number of amidine groups is 1. The summed E-state index contributed by atoms with van der Waals surface area (Å²) in [6.07, 6.45) is 3.13. The van der Waals surface area contributed by atoms with Crippen molar-refractivity contribution in [2.24, 2.45) is 16.3 Å². The first-order valence-electron chi connectivity index (χ1n) is 7.42. The molecule has 0 bridgehead atoms. The summed E-state index contributed by atoms with van der Waals surface area (Å²) in [6.45, 7) is 4.49. The zero-order chi connectivity index (χ0) is 15.5. The van der Waals surface area contributed by atoms with Crippen molar-refractivity contribution in [1.29, 1.82) is 0 Å². The van der Waals surface area contributed by atoms with Gasteiger partial charge in [0.05, 0.1) is 0 Å². The highest BCUT2D eigenvalue weighted by atomic mass is 16.4. The minimum atomic E-state index is -0.854. The van der Waals surface area contributed by atoms with Crippen molar-refractivity contribution in [2.45, 2.75) is 39.5 Å². The Bertz CT molecular complexity index is 548. The number of nitrogens with zero attached hydrogens (tertiary/aromatic N) is 2. The quantitative estimate of drug-likeness (QED) is 0.387. The first-order valence-corrected chi connectivity index (χ1v) is 7.42. The van der Waals surface area contributed by atoms with Crippen LogP contribution < -0.4 is 10.6 Å². The maximum absolute atomic E-state index is 13.1. The van der Waals surface area contributed by atoms with E-state index < -0.39 is 5.41 Å². The largest absolute Gasteiger partial charge is 0.409 e. The molecule has 0 heterocycles. The van der Waals surface area contributed by atoms with Crippen LogP contribution in [0.15, 0.2) is 29.4 Å². The van der Waals surface area contributed by atoms with Crippen molar-refractivity contribution < 1.29 is 10.0 Å². The third kappa shape index (κ3) is 2.60. The zero-order valence-electron chi connectivity index (χ0n) is 12.7. The fraction of sp³-hybridized carbons (Fsp3) is 0.500. The third-order valence-corrected chi connectivity index (χ3v) is 4.43. The van der Waals surface area contributed by atoms with E-state index in [9.17, 15) is 4.79 Å². The summed E-state index contributed by atoms with van der Waals surface area (Å²) in [5, 5.41) is 12.2. The Morgan fingerprint density at radius 2 is 2.00 bits per heavy atom. The molecule has 5 heteroatoms. The van der Waals surface area contributed by atoms with Gasteiger partial charge in [-0.1, -0.05) is 36.2 Å². The van der Waals surface area contributed by atoms with Crippen LogP contribution in [-0.4, -0.2) is 23.5 Å². The van der Waals surface area contributed by atoms with Gasteiger partial charge in [-0.25, -0.2) is 0 Å². The van der Waals surface area contributed by atoms with Crippen LogP contribution in [0.2, 0.25) is 0 Å². The number of rotatable bonds is 4. The molecule has 3 N–H and O–H groups in total. The van der Waals surface area contributed by atoms with Gasteiger partial charge in [0, 0.05) is 12.2 Å². The number of para-hydroxylation sites is 1. The molecule has 21 heavy (non-hydrogen) atoms. The summed E-state index contributed by atoms with van der Waals surface area (Å²) >= 11 is 0. The van der Waals surface area contributed by atoms with E-state index in [0.717, 1.165) is 24.1 Å². The normalized spacial score (nSPS) is 17.7. The fourth-order valence-corrected chi connectivity index (χ4v) is 3.20. The first-order chi connectivity index (χ1) is 10.1. The van der Waals surface area contributed by atoms with Crippen molar-refractivity contribution in [3.8, 4) is 0 Å². The molecule has 1 aromatic carbocycles. The topological polar surface area (TPSA) is 78.9 Å². The van der Waals surface area contributed by atoms with E-state index in [2.05, 4.69) is 5.16 Å². The van der Waals surface area contributed by atoms with Gasteiger partial charge in [0.2, 0.25) is 5.91 Å². The Balaban J connectivity index is 2.42. The fourth-order valence-electron chi connectivity index (χ4n) is 3.20. The second kappa shape index (κ2) is 6.16. The molecule has 0 saturated heterocycles. The molecule has 2 rings (SSSR count). The molecule has 0 unspecified atom stereocenters. The summed E-state index contributed by atoms with van der Waals surface area (Å²) < 4.78 is 0. The van der Waals surface area contributed by atoms with E-state index in [4.69, 9.17) is 10.9 Å². The highest BCUT2D eigenvalue weighted by molar-refractivity contribution is 6.13. The molecular weight excluding hydrogens is 266 g/mol. The predicted molar refractivity (Wildman–Crippen MR) is 83.5 cm³/mol. The minimum Gasteiger partial charge on any atom is -0.409 e. The van der Waals surface area contributed by atoms with Gasteiger partial charge in [0.25, 0.3) is 0 Å². The second-order valence-corrected chi connectivity index (χ2v) is 5.61. The lowest BCUT2D eigenvalue weighted by Gasteiger charge is -2.33. The molecule has 5 nitrogen and oxygen atoms in total. The average molecular weight is 289 g/mol. The molecule has 1 aliphatic carbocycles. The van der Waals surface area contributed by atoms with Crippen LogP contribution in [-0.2, 0) is 4.79 Å². The Morgan fingerprint density at radius 3 is 2.52 bits per heavy atom. The highest BCUT2D eigenvalue weighted by Gasteiger charge is 2.47. The van der Waals surface area contributed by atoms with Crippen molar-refractivity contribution in [3.05, 3.63) is 29.8 Å². The molecule has 0 spiro atoms. The van der Waals surface area contributed by atoms with Crippen LogP contribution in [0, 0.1) is 12.3 Å². The van der Waals surface area contributed by atoms with Gasteiger partial charge in [0.15, 0.2) is 5.84 Å². The number of amides is 1. The molecule has 0 atom stereocenters. The second-order valence-electron chi connectivity index (χ2n) is 5.61. The number of benzene rings is 1. The Kier molecular flexibility index (Phi) is 4.50. The van der Waals surface area contributed by atoms with Gasteiger partial charge < -0.3 is 15.8 Å². The van der Waals surface area contributed by atoms with Gasteiger partial charge >= 0.3 is 0 Å². The van der Waals surface area contributed by atoms with Gasteiger partial charge in [-0.2, -0.15) is 0 Å². The summed E-state index contributed by atoms with van der Waals surface area (Å²) in [7, 11) is 0.